The Morgan fingerprint density at radius 3 is 2.44 bits per heavy atom. The van der Waals surface area contributed by atoms with E-state index in [1.54, 1.807) is 6.07 Å². The topological polar surface area (TPSA) is 170 Å². The van der Waals surface area contributed by atoms with Gasteiger partial charge in [-0.3, -0.25) is 14.8 Å². The molecule has 0 bridgehead atoms. The number of aromatic nitrogens is 3. The molecule has 186 valence electrons. The van der Waals surface area contributed by atoms with Gasteiger partial charge in [0.1, 0.15) is 0 Å². The number of nitro benzene ring substituents is 1. The zero-order chi connectivity index (χ0) is 25.9. The van der Waals surface area contributed by atoms with Crippen LogP contribution in [0.5, 0.6) is 11.9 Å². The number of thiocarbonyl (C=S) groups is 1. The highest BCUT2D eigenvalue weighted by molar-refractivity contribution is 7.92. The summed E-state index contributed by atoms with van der Waals surface area (Å²) in [6, 6.07) is 11.5. The fourth-order valence-corrected chi connectivity index (χ4v) is 5.08. The Morgan fingerprint density at radius 1 is 1.03 bits per heavy atom. The summed E-state index contributed by atoms with van der Waals surface area (Å²) < 4.78 is 38.5. The second-order valence-corrected chi connectivity index (χ2v) is 10.0. The highest BCUT2D eigenvalue weighted by atomic mass is 32.2. The van der Waals surface area contributed by atoms with Crippen LogP contribution in [0.25, 0.3) is 10.2 Å². The van der Waals surface area contributed by atoms with Gasteiger partial charge in [-0.1, -0.05) is 11.3 Å². The van der Waals surface area contributed by atoms with Gasteiger partial charge < -0.3 is 20.1 Å². The van der Waals surface area contributed by atoms with Crippen molar-refractivity contribution in [3.8, 4) is 11.9 Å². The van der Waals surface area contributed by atoms with Crippen LogP contribution in [0, 0.1) is 10.1 Å². The van der Waals surface area contributed by atoms with Crippen LogP contribution in [0.15, 0.2) is 53.4 Å². The van der Waals surface area contributed by atoms with Crippen molar-refractivity contribution >= 4 is 71.2 Å². The van der Waals surface area contributed by atoms with Crippen molar-refractivity contribution in [2.75, 3.05) is 29.6 Å². The van der Waals surface area contributed by atoms with Crippen LogP contribution in [0.4, 0.5) is 22.3 Å². The lowest BCUT2D eigenvalue weighted by atomic mass is 10.3. The lowest BCUT2D eigenvalue weighted by Crippen LogP contribution is -2.19. The summed E-state index contributed by atoms with van der Waals surface area (Å²) in [5.41, 5.74) is 1.09. The summed E-state index contributed by atoms with van der Waals surface area (Å²) in [5, 5.41) is 17.5. The van der Waals surface area contributed by atoms with Gasteiger partial charge in [0.15, 0.2) is 16.1 Å². The van der Waals surface area contributed by atoms with Crippen molar-refractivity contribution in [3.63, 3.8) is 0 Å². The number of anilines is 3. The molecule has 0 aliphatic carbocycles. The Hall–Kier alpha value is -4.15. The van der Waals surface area contributed by atoms with Gasteiger partial charge in [0.25, 0.3) is 15.7 Å². The first-order valence-electron chi connectivity index (χ1n) is 9.90. The number of hydrogen-bond acceptors (Lipinski definition) is 11. The summed E-state index contributed by atoms with van der Waals surface area (Å²) in [5.74, 6) is 0.110. The molecule has 0 fully saturated rings. The van der Waals surface area contributed by atoms with E-state index in [-0.39, 0.29) is 33.4 Å². The zero-order valence-electron chi connectivity index (χ0n) is 18.6. The molecule has 0 atom stereocenters. The Labute approximate surface area is 213 Å². The van der Waals surface area contributed by atoms with Gasteiger partial charge in [0, 0.05) is 23.9 Å². The Balaban J connectivity index is 1.42. The minimum atomic E-state index is -3.97. The van der Waals surface area contributed by atoms with Crippen LogP contribution in [0.3, 0.4) is 0 Å². The number of sulfonamides is 1. The number of nitrogens with one attached hydrogen (secondary N) is 3. The molecule has 2 heterocycles. The number of rotatable bonds is 8. The quantitative estimate of drug-likeness (QED) is 0.166. The van der Waals surface area contributed by atoms with Crippen LogP contribution in [0.2, 0.25) is 0 Å². The summed E-state index contributed by atoms with van der Waals surface area (Å²) in [6.45, 7) is 0. The molecular formula is C20H17N7O6S3. The SMILES string of the molecule is COc1cc(NS(=O)(=O)c2ccc(NC(=S)Nc3nc4ccc([N+](=O)[O-])cc4s3)cc2)nc(OC)n1. The number of ether oxygens (including phenoxy) is 2. The van der Waals surface area contributed by atoms with Crippen LogP contribution >= 0.6 is 23.6 Å². The van der Waals surface area contributed by atoms with Crippen molar-refractivity contribution in [2.45, 2.75) is 4.90 Å². The van der Waals surface area contributed by atoms with Crippen molar-refractivity contribution in [1.29, 1.82) is 0 Å². The van der Waals surface area contributed by atoms with Crippen LogP contribution < -0.4 is 24.8 Å². The summed E-state index contributed by atoms with van der Waals surface area (Å²) in [6.07, 6.45) is 0. The van der Waals surface area contributed by atoms with Crippen molar-refractivity contribution in [2.24, 2.45) is 0 Å². The number of non-ortho nitro benzene ring substituents is 1. The minimum absolute atomic E-state index is 0.0174. The summed E-state index contributed by atoms with van der Waals surface area (Å²) >= 11 is 6.51. The maximum absolute atomic E-state index is 12.8. The normalized spacial score (nSPS) is 11.1. The predicted molar refractivity (Wildman–Crippen MR) is 139 cm³/mol. The van der Waals surface area contributed by atoms with Crippen molar-refractivity contribution < 1.29 is 22.8 Å². The number of thiazole rings is 1. The third kappa shape index (κ3) is 5.73. The van der Waals surface area contributed by atoms with Gasteiger partial charge >= 0.3 is 6.01 Å². The zero-order valence-corrected chi connectivity index (χ0v) is 21.0. The molecule has 13 nitrogen and oxygen atoms in total. The van der Waals surface area contributed by atoms with Gasteiger partial charge in [-0.2, -0.15) is 9.97 Å². The van der Waals surface area contributed by atoms with Gasteiger partial charge in [-0.05, 0) is 42.5 Å². The molecule has 4 rings (SSSR count). The van der Waals surface area contributed by atoms with Gasteiger partial charge in [0.2, 0.25) is 5.88 Å². The first-order valence-corrected chi connectivity index (χ1v) is 12.6. The van der Waals surface area contributed by atoms with E-state index in [2.05, 4.69) is 30.3 Å². The molecule has 36 heavy (non-hydrogen) atoms. The molecule has 0 saturated carbocycles. The lowest BCUT2D eigenvalue weighted by molar-refractivity contribution is -0.384. The highest BCUT2D eigenvalue weighted by Crippen LogP contribution is 2.29. The van der Waals surface area contributed by atoms with Crippen LogP contribution in [0.1, 0.15) is 0 Å². The fourth-order valence-electron chi connectivity index (χ4n) is 2.91. The summed E-state index contributed by atoms with van der Waals surface area (Å²) in [7, 11) is -1.23. The van der Waals surface area contributed by atoms with Gasteiger partial charge in [0.05, 0.1) is 34.3 Å². The standard InChI is InChI=1S/C20H17N7O6S3/c1-32-17-10-16(23-18(24-17)33-2)26-36(30,31)13-6-3-11(4-7-13)21-19(34)25-20-22-14-8-5-12(27(28)29)9-15(14)35-20/h3-10H,1-2H3,(H,23,24,26)(H2,21,22,25,34). The number of hydrogen-bond donors (Lipinski definition) is 3. The summed E-state index contributed by atoms with van der Waals surface area (Å²) in [4.78, 5) is 22.7. The van der Waals surface area contributed by atoms with E-state index in [9.17, 15) is 18.5 Å². The van der Waals surface area contributed by atoms with Crippen LogP contribution in [-0.4, -0.2) is 47.6 Å². The smallest absolute Gasteiger partial charge is 0.321 e. The van der Waals surface area contributed by atoms with Crippen LogP contribution in [-0.2, 0) is 10.0 Å². The second kappa shape index (κ2) is 10.2. The molecule has 4 aromatic rings. The van der Waals surface area contributed by atoms with E-state index in [1.165, 1.54) is 68.0 Å². The first kappa shape index (κ1) is 25.0. The van der Waals surface area contributed by atoms with E-state index in [0.717, 1.165) is 0 Å². The average molecular weight is 548 g/mol. The lowest BCUT2D eigenvalue weighted by Gasteiger charge is -2.11. The maximum atomic E-state index is 12.8. The van der Waals surface area contributed by atoms with E-state index < -0.39 is 14.9 Å². The van der Waals surface area contributed by atoms with Gasteiger partial charge in [-0.15, -0.1) is 0 Å². The third-order valence-corrected chi connectivity index (χ3v) is 7.05. The monoisotopic (exact) mass is 547 g/mol. The predicted octanol–water partition coefficient (Wildman–Crippen LogP) is 3.62. The molecule has 0 saturated heterocycles. The molecule has 0 amide bonds. The number of benzene rings is 2. The largest absolute Gasteiger partial charge is 0.481 e. The van der Waals surface area contributed by atoms with Crippen molar-refractivity contribution in [3.05, 3.63) is 58.6 Å². The number of nitro groups is 1. The molecule has 0 aliphatic rings. The molecule has 0 unspecified atom stereocenters. The van der Waals surface area contributed by atoms with E-state index in [1.807, 2.05) is 0 Å². The highest BCUT2D eigenvalue weighted by Gasteiger charge is 2.17. The number of nitrogens with zero attached hydrogens (tertiary/aromatic N) is 4. The molecule has 0 spiro atoms. The third-order valence-electron chi connectivity index (χ3n) is 4.54. The molecule has 3 N–H and O–H groups in total. The molecule has 2 aromatic heterocycles. The molecule has 0 aliphatic heterocycles. The Bertz CT molecular complexity index is 1540. The molecular weight excluding hydrogens is 530 g/mol. The van der Waals surface area contributed by atoms with Gasteiger partial charge in [-0.25, -0.2) is 13.4 Å². The van der Waals surface area contributed by atoms with Crippen molar-refractivity contribution in [1.82, 2.24) is 15.0 Å². The van der Waals surface area contributed by atoms with E-state index in [0.29, 0.717) is 21.0 Å². The molecule has 0 radical (unpaired) electrons. The Morgan fingerprint density at radius 2 is 1.78 bits per heavy atom. The fraction of sp³-hybridized carbons (Fsp3) is 0.100. The molecule has 2 aromatic carbocycles. The van der Waals surface area contributed by atoms with E-state index >= 15 is 0 Å². The second-order valence-electron chi connectivity index (χ2n) is 6.92. The van der Waals surface area contributed by atoms with E-state index in [4.69, 9.17) is 21.7 Å². The average Bonchev–Trinajstić information content (AvgIpc) is 3.24. The maximum Gasteiger partial charge on any atom is 0.321 e. The molecule has 16 heteroatoms. The Kier molecular flexibility index (Phi) is 7.09. The minimum Gasteiger partial charge on any atom is -0.481 e. The number of fused-ring (bicyclic) bond motifs is 1. The number of methoxy groups -OCH3 is 2. The first-order chi connectivity index (χ1) is 17.2.